The maximum atomic E-state index is 11.9. The smallest absolute Gasteiger partial charge is 0.197 e. The highest BCUT2D eigenvalue weighted by Crippen LogP contribution is 2.19. The predicted molar refractivity (Wildman–Crippen MR) is 68.4 cm³/mol. The van der Waals surface area contributed by atoms with Crippen molar-refractivity contribution in [3.05, 3.63) is 37.9 Å². The van der Waals surface area contributed by atoms with E-state index in [9.17, 15) is 4.79 Å². The van der Waals surface area contributed by atoms with Gasteiger partial charge in [0.15, 0.2) is 5.78 Å². The summed E-state index contributed by atoms with van der Waals surface area (Å²) >= 11 is 3.79. The molecule has 0 aliphatic carbocycles. The Morgan fingerprint density at radius 3 is 2.93 bits per heavy atom. The molecule has 0 unspecified atom stereocenters. The summed E-state index contributed by atoms with van der Waals surface area (Å²) in [6.07, 6.45) is 3.41. The first-order valence-electron chi connectivity index (χ1n) is 4.52. The number of aryl methyl sites for hydroxylation is 1. The van der Waals surface area contributed by atoms with Crippen LogP contribution in [0.2, 0.25) is 0 Å². The largest absolute Gasteiger partial charge is 0.288 e. The molecule has 0 saturated carbocycles. The van der Waals surface area contributed by atoms with E-state index in [2.05, 4.69) is 27.7 Å². The highest BCUT2D eigenvalue weighted by Gasteiger charge is 2.12. The van der Waals surface area contributed by atoms with Crippen LogP contribution in [0.4, 0.5) is 0 Å². The summed E-state index contributed by atoms with van der Waals surface area (Å²) in [6.45, 7) is 2.78. The summed E-state index contributed by atoms with van der Waals surface area (Å²) in [6, 6.07) is 1.90. The Hall–Kier alpha value is -0.690. The quantitative estimate of drug-likeness (QED) is 0.640. The summed E-state index contributed by atoms with van der Waals surface area (Å²) in [5.41, 5.74) is 1.41. The SMILES string of the molecule is CCn1cc(C(=O)c2csc(I)c2)cn1. The fraction of sp³-hybridized carbons (Fsp3) is 0.200. The minimum absolute atomic E-state index is 0.0499. The van der Waals surface area contributed by atoms with E-state index in [0.29, 0.717) is 5.56 Å². The standard InChI is InChI=1S/C10H9IN2OS/c1-2-13-5-8(4-12-13)10(14)7-3-9(11)15-6-7/h3-6H,2H2,1H3. The molecule has 0 bridgehead atoms. The van der Waals surface area contributed by atoms with Crippen LogP contribution in [0.25, 0.3) is 0 Å². The van der Waals surface area contributed by atoms with Gasteiger partial charge < -0.3 is 0 Å². The molecule has 2 heterocycles. The molecule has 5 heteroatoms. The van der Waals surface area contributed by atoms with Crippen LogP contribution in [0.5, 0.6) is 0 Å². The molecular formula is C10H9IN2OS. The minimum Gasteiger partial charge on any atom is -0.288 e. The van der Waals surface area contributed by atoms with Gasteiger partial charge in [-0.05, 0) is 35.6 Å². The van der Waals surface area contributed by atoms with Gasteiger partial charge in [0.25, 0.3) is 0 Å². The van der Waals surface area contributed by atoms with Gasteiger partial charge in [-0.3, -0.25) is 9.48 Å². The van der Waals surface area contributed by atoms with Crippen LogP contribution >= 0.6 is 33.9 Å². The van der Waals surface area contributed by atoms with E-state index in [-0.39, 0.29) is 5.78 Å². The first-order chi connectivity index (χ1) is 7.20. The van der Waals surface area contributed by atoms with Crippen molar-refractivity contribution < 1.29 is 4.79 Å². The van der Waals surface area contributed by atoms with E-state index in [1.807, 2.05) is 18.4 Å². The molecule has 0 amide bonds. The van der Waals surface area contributed by atoms with E-state index in [0.717, 1.165) is 15.0 Å². The first-order valence-corrected chi connectivity index (χ1v) is 6.47. The number of nitrogens with zero attached hydrogens (tertiary/aromatic N) is 2. The van der Waals surface area contributed by atoms with Gasteiger partial charge in [-0.1, -0.05) is 0 Å². The molecular weight excluding hydrogens is 323 g/mol. The van der Waals surface area contributed by atoms with Crippen molar-refractivity contribution >= 4 is 39.7 Å². The van der Waals surface area contributed by atoms with E-state index >= 15 is 0 Å². The van der Waals surface area contributed by atoms with Crippen LogP contribution in [0.1, 0.15) is 22.8 Å². The Morgan fingerprint density at radius 1 is 1.60 bits per heavy atom. The van der Waals surface area contributed by atoms with Crippen LogP contribution in [0.3, 0.4) is 0 Å². The molecule has 0 aliphatic heterocycles. The molecule has 2 aromatic rings. The fourth-order valence-electron chi connectivity index (χ4n) is 1.25. The third-order valence-electron chi connectivity index (χ3n) is 2.05. The maximum absolute atomic E-state index is 11.9. The third-order valence-corrected chi connectivity index (χ3v) is 3.84. The summed E-state index contributed by atoms with van der Waals surface area (Å²) in [5, 5.41) is 5.97. The molecule has 2 aromatic heterocycles. The van der Waals surface area contributed by atoms with Crippen LogP contribution in [0.15, 0.2) is 23.8 Å². The lowest BCUT2D eigenvalue weighted by Crippen LogP contribution is -1.98. The molecule has 0 aromatic carbocycles. The lowest BCUT2D eigenvalue weighted by molar-refractivity contribution is 0.103. The second-order valence-electron chi connectivity index (χ2n) is 3.05. The van der Waals surface area contributed by atoms with Crippen molar-refractivity contribution in [2.45, 2.75) is 13.5 Å². The Balaban J connectivity index is 2.28. The molecule has 2 rings (SSSR count). The number of aromatic nitrogens is 2. The van der Waals surface area contributed by atoms with Crippen molar-refractivity contribution in [3.63, 3.8) is 0 Å². The number of hydrogen-bond acceptors (Lipinski definition) is 3. The van der Waals surface area contributed by atoms with Gasteiger partial charge in [0.1, 0.15) is 0 Å². The molecule has 0 aliphatic rings. The zero-order valence-corrected chi connectivity index (χ0v) is 11.1. The van der Waals surface area contributed by atoms with Crippen LogP contribution in [-0.4, -0.2) is 15.6 Å². The van der Waals surface area contributed by atoms with Crippen molar-refractivity contribution in [3.8, 4) is 0 Å². The summed E-state index contributed by atoms with van der Waals surface area (Å²) in [4.78, 5) is 11.9. The van der Waals surface area contributed by atoms with Crippen molar-refractivity contribution in [1.29, 1.82) is 0 Å². The highest BCUT2D eigenvalue weighted by molar-refractivity contribution is 14.1. The van der Waals surface area contributed by atoms with Crippen molar-refractivity contribution in [2.75, 3.05) is 0 Å². The van der Waals surface area contributed by atoms with Crippen LogP contribution < -0.4 is 0 Å². The molecule has 0 spiro atoms. The molecule has 0 N–H and O–H groups in total. The monoisotopic (exact) mass is 332 g/mol. The minimum atomic E-state index is 0.0499. The number of carbonyl (C=O) groups excluding carboxylic acids is 1. The maximum Gasteiger partial charge on any atom is 0.197 e. The summed E-state index contributed by atoms with van der Waals surface area (Å²) in [7, 11) is 0. The van der Waals surface area contributed by atoms with Gasteiger partial charge in [-0.15, -0.1) is 11.3 Å². The van der Waals surface area contributed by atoms with Crippen molar-refractivity contribution in [2.24, 2.45) is 0 Å². The predicted octanol–water partition coefficient (Wildman–Crippen LogP) is 2.80. The zero-order valence-electron chi connectivity index (χ0n) is 8.11. The number of carbonyl (C=O) groups is 1. The number of hydrogen-bond donors (Lipinski definition) is 0. The van der Waals surface area contributed by atoms with Gasteiger partial charge >= 0.3 is 0 Å². The van der Waals surface area contributed by atoms with E-state index in [1.54, 1.807) is 28.4 Å². The van der Waals surface area contributed by atoms with Gasteiger partial charge in [-0.2, -0.15) is 5.10 Å². The van der Waals surface area contributed by atoms with Gasteiger partial charge in [0.05, 0.1) is 14.6 Å². The average Bonchev–Trinajstić information content (AvgIpc) is 2.84. The lowest BCUT2D eigenvalue weighted by atomic mass is 10.1. The highest BCUT2D eigenvalue weighted by atomic mass is 127. The second-order valence-corrected chi connectivity index (χ2v) is 5.86. The number of rotatable bonds is 3. The number of thiophene rings is 1. The summed E-state index contributed by atoms with van der Waals surface area (Å²) in [5.74, 6) is 0.0499. The van der Waals surface area contributed by atoms with Crippen molar-refractivity contribution in [1.82, 2.24) is 9.78 Å². The number of ketones is 1. The fourth-order valence-corrected chi connectivity index (χ4v) is 2.58. The molecule has 15 heavy (non-hydrogen) atoms. The lowest BCUT2D eigenvalue weighted by Gasteiger charge is -1.92. The van der Waals surface area contributed by atoms with Crippen LogP contribution in [-0.2, 0) is 6.54 Å². The first kappa shape index (κ1) is 10.8. The average molecular weight is 332 g/mol. The molecule has 3 nitrogen and oxygen atoms in total. The van der Waals surface area contributed by atoms with Crippen LogP contribution in [0, 0.1) is 2.88 Å². The van der Waals surface area contributed by atoms with E-state index in [4.69, 9.17) is 0 Å². The van der Waals surface area contributed by atoms with Gasteiger partial charge in [-0.25, -0.2) is 0 Å². The Labute approximate surface area is 105 Å². The second kappa shape index (κ2) is 4.44. The Morgan fingerprint density at radius 2 is 2.40 bits per heavy atom. The van der Waals surface area contributed by atoms with E-state index < -0.39 is 0 Å². The number of halogens is 1. The molecule has 0 radical (unpaired) electrons. The molecule has 78 valence electrons. The Kier molecular flexibility index (Phi) is 3.20. The normalized spacial score (nSPS) is 10.5. The zero-order chi connectivity index (χ0) is 10.8. The van der Waals surface area contributed by atoms with E-state index in [1.165, 1.54) is 0 Å². The molecule has 0 saturated heterocycles. The molecule has 0 atom stereocenters. The topological polar surface area (TPSA) is 34.9 Å². The molecule has 0 fully saturated rings. The Bertz CT molecular complexity index is 489. The third kappa shape index (κ3) is 2.28. The van der Waals surface area contributed by atoms with Gasteiger partial charge in [0.2, 0.25) is 0 Å². The summed E-state index contributed by atoms with van der Waals surface area (Å²) < 4.78 is 2.88. The van der Waals surface area contributed by atoms with Gasteiger partial charge in [0, 0.05) is 23.7 Å².